The van der Waals surface area contributed by atoms with Gasteiger partial charge in [-0.15, -0.1) is 0 Å². The van der Waals surface area contributed by atoms with Gasteiger partial charge in [0.2, 0.25) is 0 Å². The minimum atomic E-state index is 0. The Balaban J connectivity index is 0. The molecule has 0 unspecified atom stereocenters. The Morgan fingerprint density at radius 1 is 1.31 bits per heavy atom. The van der Waals surface area contributed by atoms with Crippen molar-refractivity contribution in [3.63, 3.8) is 0 Å². The smallest absolute Gasteiger partial charge is 1.00 e. The summed E-state index contributed by atoms with van der Waals surface area (Å²) in [4.78, 5) is 0. The van der Waals surface area contributed by atoms with Gasteiger partial charge in [0.25, 0.3) is 0 Å². The predicted octanol–water partition coefficient (Wildman–Crippen LogP) is -4.05. The number of allylic oxidation sites excluding steroid dienone is 2. The predicted molar refractivity (Wildman–Crippen MR) is 44.7 cm³/mol. The van der Waals surface area contributed by atoms with Gasteiger partial charge < -0.3 is 24.8 Å². The van der Waals surface area contributed by atoms with Crippen LogP contribution in [0.3, 0.4) is 0 Å². The van der Waals surface area contributed by atoms with Gasteiger partial charge in [0.15, 0.2) is 0 Å². The Morgan fingerprint density at radius 2 is 1.77 bits per heavy atom. The van der Waals surface area contributed by atoms with E-state index in [0.29, 0.717) is 0 Å². The van der Waals surface area contributed by atoms with E-state index in [1.807, 2.05) is 12.2 Å². The molecule has 1 aliphatic carbocycles. The number of rotatable bonds is 6. The third-order valence-electron chi connectivity index (χ3n) is 1.41. The largest absolute Gasteiger partial charge is 1.00 e. The van der Waals surface area contributed by atoms with E-state index < -0.39 is 0 Å². The van der Waals surface area contributed by atoms with Crippen molar-refractivity contribution in [2.45, 2.75) is 6.42 Å². The molecule has 0 amide bonds. The van der Waals surface area contributed by atoms with Crippen molar-refractivity contribution in [3.05, 3.63) is 35.3 Å². The summed E-state index contributed by atoms with van der Waals surface area (Å²) in [7, 11) is 0. The molecule has 4 heteroatoms. The van der Waals surface area contributed by atoms with E-state index in [2.05, 4.69) is 22.6 Å². The van der Waals surface area contributed by atoms with Gasteiger partial charge in [-0.1, -0.05) is 0 Å². The van der Waals surface area contributed by atoms with Crippen LogP contribution in [0.1, 0.15) is 6.42 Å². The van der Waals surface area contributed by atoms with Crippen molar-refractivity contribution in [3.8, 4) is 0 Å². The summed E-state index contributed by atoms with van der Waals surface area (Å²) in [5.41, 5.74) is 0. The van der Waals surface area contributed by atoms with Crippen LogP contribution in [0.25, 0.3) is 0 Å². The second-order valence-corrected chi connectivity index (χ2v) is 4.87. The summed E-state index contributed by atoms with van der Waals surface area (Å²) in [6.45, 7) is 9.50. The van der Waals surface area contributed by atoms with E-state index in [1.165, 1.54) is 6.42 Å². The van der Waals surface area contributed by atoms with Crippen LogP contribution >= 0.6 is 0 Å². The zero-order valence-electron chi connectivity index (χ0n) is 7.47. The van der Waals surface area contributed by atoms with Gasteiger partial charge in [0, 0.05) is 0 Å². The van der Waals surface area contributed by atoms with Gasteiger partial charge in [-0.05, 0) is 0 Å². The first-order valence-electron chi connectivity index (χ1n) is 3.79. The average molecular weight is 254 g/mol. The molecule has 0 aromatic heterocycles. The van der Waals surface area contributed by atoms with Crippen molar-refractivity contribution in [1.29, 1.82) is 0 Å². The zero-order valence-corrected chi connectivity index (χ0v) is 10.5. The van der Waals surface area contributed by atoms with Gasteiger partial charge in [0.1, 0.15) is 0 Å². The SMILES string of the molecule is C=CC[N](CC=C)[Ti+2][C]1=CC1.[Cl-].[Cl-]. The first-order chi connectivity index (χ1) is 5.36. The summed E-state index contributed by atoms with van der Waals surface area (Å²) < 4.78 is 4.12. The molecule has 1 rings (SSSR count). The average Bonchev–Trinajstić information content (AvgIpc) is 2.73. The minimum Gasteiger partial charge on any atom is -1.00 e. The minimum absolute atomic E-state index is 0. The van der Waals surface area contributed by atoms with Crippen LogP contribution in [0.5, 0.6) is 0 Å². The molecule has 0 heterocycles. The molecule has 1 nitrogen and oxygen atoms in total. The molecule has 0 spiro atoms. The molecule has 72 valence electrons. The maximum absolute atomic E-state index is 3.74. The third kappa shape index (κ3) is 7.54. The third-order valence-corrected chi connectivity index (χ3v) is 3.56. The molecule has 0 atom stereocenters. The molecule has 0 N–H and O–H groups in total. The van der Waals surface area contributed by atoms with Crippen molar-refractivity contribution in [2.75, 3.05) is 13.1 Å². The Hall–Kier alpha value is 0.474. The van der Waals surface area contributed by atoms with E-state index in [4.69, 9.17) is 0 Å². The monoisotopic (exact) mass is 253 g/mol. The van der Waals surface area contributed by atoms with Gasteiger partial charge >= 0.3 is 77.6 Å². The van der Waals surface area contributed by atoms with E-state index >= 15 is 0 Å². The molecule has 1 aliphatic rings. The van der Waals surface area contributed by atoms with E-state index in [1.54, 1.807) is 3.88 Å². The first-order valence-corrected chi connectivity index (χ1v) is 5.27. The molecule has 0 saturated carbocycles. The molecule has 0 fully saturated rings. The fraction of sp³-hybridized carbons (Fsp3) is 0.333. The first kappa shape index (κ1) is 15.9. The Labute approximate surface area is 102 Å². The summed E-state index contributed by atoms with van der Waals surface area (Å²) in [6, 6.07) is 0. The van der Waals surface area contributed by atoms with Crippen LogP contribution in [-0.4, -0.2) is 16.5 Å². The molecular weight excluding hydrogens is 241 g/mol. The summed E-state index contributed by atoms with van der Waals surface area (Å²) in [5, 5.41) is 0. The molecule has 0 saturated heterocycles. The molecule has 0 aliphatic heterocycles. The second kappa shape index (κ2) is 9.05. The fourth-order valence-corrected chi connectivity index (χ4v) is 2.59. The van der Waals surface area contributed by atoms with E-state index in [0.717, 1.165) is 13.1 Å². The summed E-state index contributed by atoms with van der Waals surface area (Å²) in [5.74, 6) is 0. The van der Waals surface area contributed by atoms with Gasteiger partial charge in [-0.25, -0.2) is 0 Å². The second-order valence-electron chi connectivity index (χ2n) is 2.53. The van der Waals surface area contributed by atoms with Crippen molar-refractivity contribution in [1.82, 2.24) is 3.38 Å². The summed E-state index contributed by atoms with van der Waals surface area (Å²) in [6.07, 6.45) is 7.52. The maximum Gasteiger partial charge on any atom is -1.00 e. The van der Waals surface area contributed by atoms with Crippen LogP contribution in [0, 0.1) is 0 Å². The van der Waals surface area contributed by atoms with Crippen LogP contribution < -0.4 is 24.8 Å². The van der Waals surface area contributed by atoms with Crippen LogP contribution in [0.2, 0.25) is 0 Å². The Bertz CT molecular complexity index is 182. The fourth-order valence-electron chi connectivity index (χ4n) is 0.823. The quantitative estimate of drug-likeness (QED) is 0.344. The zero-order chi connectivity index (χ0) is 8.10. The van der Waals surface area contributed by atoms with Crippen molar-refractivity contribution >= 4 is 0 Å². The molecule has 0 radical (unpaired) electrons. The van der Waals surface area contributed by atoms with Crippen LogP contribution in [0.4, 0.5) is 0 Å². The van der Waals surface area contributed by atoms with Crippen molar-refractivity contribution < 1.29 is 44.2 Å². The number of nitrogens with zero attached hydrogens (tertiary/aromatic N) is 1. The van der Waals surface area contributed by atoms with E-state index in [-0.39, 0.29) is 44.2 Å². The van der Waals surface area contributed by atoms with Gasteiger partial charge in [-0.2, -0.15) is 0 Å². The normalized spacial score (nSPS) is 11.6. The van der Waals surface area contributed by atoms with Crippen LogP contribution in [0.15, 0.2) is 35.3 Å². The summed E-state index contributed by atoms with van der Waals surface area (Å²) >= 11 is 0.0206. The topological polar surface area (TPSA) is 3.24 Å². The molecule has 0 bridgehead atoms. The van der Waals surface area contributed by atoms with Crippen LogP contribution in [-0.2, 0) is 19.4 Å². The number of halogens is 2. The molecule has 13 heavy (non-hydrogen) atoms. The molecule has 0 aromatic carbocycles. The van der Waals surface area contributed by atoms with Gasteiger partial charge in [-0.3, -0.25) is 0 Å². The Kier molecular flexibility index (Phi) is 11.1. The van der Waals surface area contributed by atoms with Crippen molar-refractivity contribution in [2.24, 2.45) is 0 Å². The van der Waals surface area contributed by atoms with Gasteiger partial charge in [0.05, 0.1) is 0 Å². The molecular formula is C9H13Cl2NTi. The Morgan fingerprint density at radius 3 is 2.08 bits per heavy atom. The molecule has 0 aromatic rings. The number of hydrogen-bond acceptors (Lipinski definition) is 1. The van der Waals surface area contributed by atoms with E-state index in [9.17, 15) is 0 Å². The standard InChI is InChI=1S/C6H10N.C3H3.2ClH.Ti/c1-3-5-7-6-4-2;1-2-3-1;;;/h3-4H,1-2,5-6H2;1H,2H2;2*1H;/q-1;;;;+3/p-2. The number of hydrogen-bond donors (Lipinski definition) is 0. The maximum atomic E-state index is 3.74.